The van der Waals surface area contributed by atoms with Gasteiger partial charge in [-0.1, -0.05) is 23.2 Å². The molecule has 1 fully saturated rings. The van der Waals surface area contributed by atoms with Gasteiger partial charge in [-0.3, -0.25) is 0 Å². The Hall–Kier alpha value is -1.13. The smallest absolute Gasteiger partial charge is 0.248 e. The molecule has 1 aliphatic carbocycles. The molecule has 0 N–H and O–H groups in total. The van der Waals surface area contributed by atoms with Crippen LogP contribution in [0.3, 0.4) is 0 Å². The Balaban J connectivity index is 1.76. The van der Waals surface area contributed by atoms with Gasteiger partial charge in [-0.05, 0) is 18.2 Å². The summed E-state index contributed by atoms with van der Waals surface area (Å²) in [6.07, 6.45) is -0.245. The molecule has 106 valence electrons. The summed E-state index contributed by atoms with van der Waals surface area (Å²) in [5, 5.41) is 1.67. The van der Waals surface area contributed by atoms with Crippen LogP contribution in [0, 0.1) is 5.92 Å². The van der Waals surface area contributed by atoms with Crippen LogP contribution in [0.5, 0.6) is 5.75 Å². The molecule has 20 heavy (non-hydrogen) atoms. The van der Waals surface area contributed by atoms with Gasteiger partial charge in [0.1, 0.15) is 10.9 Å². The average molecular weight is 318 g/mol. The van der Waals surface area contributed by atoms with Gasteiger partial charge in [0.25, 0.3) is 0 Å². The highest BCUT2D eigenvalue weighted by molar-refractivity contribution is 6.33. The van der Waals surface area contributed by atoms with Crippen molar-refractivity contribution in [1.82, 2.24) is 4.98 Å². The predicted molar refractivity (Wildman–Crippen MR) is 74.9 cm³/mol. The minimum Gasteiger partial charge on any atom is -0.492 e. The highest BCUT2D eigenvalue weighted by Gasteiger charge is 2.45. The standard InChI is InChI=1S/C14H11Cl2F2NO/c15-10-3-9-1-2-13(16)19-11(9)4-12(10)20-7-8-5-14(17,18)6-8/h1-4,8H,5-7H2. The van der Waals surface area contributed by atoms with E-state index in [4.69, 9.17) is 27.9 Å². The Morgan fingerprint density at radius 3 is 2.70 bits per heavy atom. The molecule has 1 heterocycles. The van der Waals surface area contributed by atoms with Gasteiger partial charge in [-0.2, -0.15) is 0 Å². The van der Waals surface area contributed by atoms with Crippen LogP contribution in [-0.4, -0.2) is 17.5 Å². The lowest BCUT2D eigenvalue weighted by Gasteiger charge is -2.34. The highest BCUT2D eigenvalue weighted by atomic mass is 35.5. The number of hydrogen-bond acceptors (Lipinski definition) is 2. The Kier molecular flexibility index (Phi) is 3.46. The molecular weight excluding hydrogens is 307 g/mol. The number of fused-ring (bicyclic) bond motifs is 1. The Bertz CT molecular complexity index is 655. The molecule has 0 spiro atoms. The molecule has 2 nitrogen and oxygen atoms in total. The lowest BCUT2D eigenvalue weighted by atomic mass is 9.82. The number of alkyl halides is 2. The third-order valence-corrected chi connectivity index (χ3v) is 3.86. The van der Waals surface area contributed by atoms with Crippen LogP contribution in [0.2, 0.25) is 10.2 Å². The quantitative estimate of drug-likeness (QED) is 0.746. The number of rotatable bonds is 3. The molecule has 3 rings (SSSR count). The normalized spacial score (nSPS) is 18.0. The van der Waals surface area contributed by atoms with E-state index in [0.717, 1.165) is 5.39 Å². The van der Waals surface area contributed by atoms with Crippen molar-refractivity contribution in [2.45, 2.75) is 18.8 Å². The molecule has 1 aromatic carbocycles. The van der Waals surface area contributed by atoms with Crippen LogP contribution >= 0.6 is 23.2 Å². The minimum absolute atomic E-state index is 0.121. The van der Waals surface area contributed by atoms with Crippen LogP contribution < -0.4 is 4.74 Å². The van der Waals surface area contributed by atoms with Gasteiger partial charge in [-0.25, -0.2) is 13.8 Å². The summed E-state index contributed by atoms with van der Waals surface area (Å²) in [4.78, 5) is 4.17. The summed E-state index contributed by atoms with van der Waals surface area (Å²) >= 11 is 11.9. The van der Waals surface area contributed by atoms with E-state index in [1.54, 1.807) is 18.2 Å². The van der Waals surface area contributed by atoms with Crippen molar-refractivity contribution < 1.29 is 13.5 Å². The lowest BCUT2D eigenvalue weighted by molar-refractivity contribution is -0.119. The zero-order valence-electron chi connectivity index (χ0n) is 10.4. The summed E-state index contributed by atoms with van der Waals surface area (Å²) in [7, 11) is 0. The maximum atomic E-state index is 12.7. The van der Waals surface area contributed by atoms with Gasteiger partial charge >= 0.3 is 0 Å². The van der Waals surface area contributed by atoms with Gasteiger partial charge in [0.2, 0.25) is 5.92 Å². The summed E-state index contributed by atoms with van der Waals surface area (Å²) in [5.74, 6) is -2.20. The first-order chi connectivity index (χ1) is 9.43. The Labute approximate surface area is 124 Å². The molecule has 6 heteroatoms. The fraction of sp³-hybridized carbons (Fsp3) is 0.357. The van der Waals surface area contributed by atoms with Crippen molar-refractivity contribution in [3.63, 3.8) is 0 Å². The number of ether oxygens (including phenoxy) is 1. The number of aromatic nitrogens is 1. The van der Waals surface area contributed by atoms with Crippen molar-refractivity contribution in [1.29, 1.82) is 0 Å². The molecule has 1 saturated carbocycles. The Morgan fingerprint density at radius 1 is 1.25 bits per heavy atom. The second kappa shape index (κ2) is 5.01. The summed E-state index contributed by atoms with van der Waals surface area (Å²) in [5.41, 5.74) is 0.663. The van der Waals surface area contributed by atoms with Crippen molar-refractivity contribution in [3.8, 4) is 5.75 Å². The number of benzene rings is 1. The maximum Gasteiger partial charge on any atom is 0.248 e. The number of pyridine rings is 1. The van der Waals surface area contributed by atoms with Crippen molar-refractivity contribution in [3.05, 3.63) is 34.4 Å². The van der Waals surface area contributed by atoms with Crippen LogP contribution in [0.1, 0.15) is 12.8 Å². The topological polar surface area (TPSA) is 22.1 Å². The molecule has 2 aromatic rings. The third kappa shape index (κ3) is 2.81. The molecule has 0 aliphatic heterocycles. The first-order valence-corrected chi connectivity index (χ1v) is 6.95. The van der Waals surface area contributed by atoms with Crippen LogP contribution in [-0.2, 0) is 0 Å². The third-order valence-electron chi connectivity index (χ3n) is 3.36. The van der Waals surface area contributed by atoms with Gasteiger partial charge in [0.15, 0.2) is 0 Å². The van der Waals surface area contributed by atoms with Gasteiger partial charge in [0.05, 0.1) is 17.1 Å². The first kappa shape index (κ1) is 13.8. The zero-order chi connectivity index (χ0) is 14.3. The Morgan fingerprint density at radius 2 is 2.00 bits per heavy atom. The highest BCUT2D eigenvalue weighted by Crippen LogP contribution is 2.42. The zero-order valence-corrected chi connectivity index (χ0v) is 11.9. The largest absolute Gasteiger partial charge is 0.492 e. The van der Waals surface area contributed by atoms with E-state index in [-0.39, 0.29) is 25.4 Å². The van der Waals surface area contributed by atoms with Gasteiger partial charge in [0, 0.05) is 30.2 Å². The number of hydrogen-bond donors (Lipinski definition) is 0. The van der Waals surface area contributed by atoms with E-state index < -0.39 is 5.92 Å². The molecule has 0 saturated heterocycles. The lowest BCUT2D eigenvalue weighted by Crippen LogP contribution is -2.38. The van der Waals surface area contributed by atoms with E-state index in [0.29, 0.717) is 21.4 Å². The molecule has 0 radical (unpaired) electrons. The van der Waals surface area contributed by atoms with Crippen LogP contribution in [0.25, 0.3) is 10.9 Å². The van der Waals surface area contributed by atoms with Crippen LogP contribution in [0.4, 0.5) is 8.78 Å². The molecule has 0 unspecified atom stereocenters. The molecule has 1 aliphatic rings. The molecule has 0 bridgehead atoms. The fourth-order valence-electron chi connectivity index (χ4n) is 2.32. The van der Waals surface area contributed by atoms with Crippen molar-refractivity contribution >= 4 is 34.1 Å². The summed E-state index contributed by atoms with van der Waals surface area (Å²) < 4.78 is 31.0. The van der Waals surface area contributed by atoms with E-state index >= 15 is 0 Å². The first-order valence-electron chi connectivity index (χ1n) is 6.19. The molecule has 1 aromatic heterocycles. The molecular formula is C14H11Cl2F2NO. The minimum atomic E-state index is -2.53. The number of nitrogens with zero attached hydrogens (tertiary/aromatic N) is 1. The SMILES string of the molecule is FC1(F)CC(COc2cc3nc(Cl)ccc3cc2Cl)C1. The second-order valence-electron chi connectivity index (χ2n) is 5.05. The number of halogens is 4. The summed E-state index contributed by atoms with van der Waals surface area (Å²) in [6, 6.07) is 6.90. The van der Waals surface area contributed by atoms with E-state index in [1.165, 1.54) is 0 Å². The van der Waals surface area contributed by atoms with E-state index in [1.807, 2.05) is 6.07 Å². The van der Waals surface area contributed by atoms with Crippen molar-refractivity contribution in [2.24, 2.45) is 5.92 Å². The monoisotopic (exact) mass is 317 g/mol. The second-order valence-corrected chi connectivity index (χ2v) is 5.84. The fourth-order valence-corrected chi connectivity index (χ4v) is 2.70. The average Bonchev–Trinajstić information content (AvgIpc) is 2.34. The summed E-state index contributed by atoms with van der Waals surface area (Å²) in [6.45, 7) is 0.237. The van der Waals surface area contributed by atoms with E-state index in [2.05, 4.69) is 4.98 Å². The predicted octanol–water partition coefficient (Wildman–Crippen LogP) is 4.97. The van der Waals surface area contributed by atoms with Crippen molar-refractivity contribution in [2.75, 3.05) is 6.61 Å². The van der Waals surface area contributed by atoms with E-state index in [9.17, 15) is 8.78 Å². The van der Waals surface area contributed by atoms with Gasteiger partial charge < -0.3 is 4.74 Å². The van der Waals surface area contributed by atoms with Gasteiger partial charge in [-0.15, -0.1) is 0 Å². The van der Waals surface area contributed by atoms with Crippen LogP contribution in [0.15, 0.2) is 24.3 Å². The molecule has 0 atom stereocenters. The maximum absolute atomic E-state index is 12.7. The molecule has 0 amide bonds.